The quantitative estimate of drug-likeness (QED) is 0.604. The second-order valence-electron chi connectivity index (χ2n) is 4.65. The molecule has 2 aromatic rings. The Hall–Kier alpha value is -2.38. The Balaban J connectivity index is 2.06. The molecule has 1 heterocycles. The van der Waals surface area contributed by atoms with E-state index in [0.717, 1.165) is 37.9 Å². The average Bonchev–Trinajstić information content (AvgIpc) is 2.53. The van der Waals surface area contributed by atoms with Crippen LogP contribution in [0.4, 0.5) is 30.6 Å². The van der Waals surface area contributed by atoms with Gasteiger partial charge in [0.1, 0.15) is 0 Å². The summed E-state index contributed by atoms with van der Waals surface area (Å²) in [4.78, 5) is 4.08. The summed E-state index contributed by atoms with van der Waals surface area (Å²) in [6, 6.07) is 1.89. The van der Waals surface area contributed by atoms with E-state index in [4.69, 9.17) is 0 Å². The van der Waals surface area contributed by atoms with Gasteiger partial charge in [-0.1, -0.05) is 19.8 Å². The van der Waals surface area contributed by atoms with Crippen molar-refractivity contribution in [3.63, 3.8) is 0 Å². The van der Waals surface area contributed by atoms with E-state index in [1.54, 1.807) is 0 Å². The molecule has 2 N–H and O–H groups in total. The lowest BCUT2D eigenvalue weighted by atomic mass is 10.2. The molecule has 0 radical (unpaired) electrons. The van der Waals surface area contributed by atoms with Crippen LogP contribution in [0.15, 0.2) is 18.3 Å². The van der Waals surface area contributed by atoms with E-state index in [1.165, 1.54) is 6.20 Å². The van der Waals surface area contributed by atoms with Crippen LogP contribution in [0.25, 0.3) is 0 Å². The largest absolute Gasteiger partial charge is 0.369 e. The zero-order chi connectivity index (χ0) is 15.9. The predicted molar refractivity (Wildman–Crippen MR) is 77.4 cm³/mol. The van der Waals surface area contributed by atoms with Gasteiger partial charge in [0.25, 0.3) is 0 Å². The predicted octanol–water partition coefficient (Wildman–Crippen LogP) is 3.63. The van der Waals surface area contributed by atoms with Crippen molar-refractivity contribution in [3.8, 4) is 0 Å². The molecule has 8 heteroatoms. The summed E-state index contributed by atoms with van der Waals surface area (Å²) in [6.45, 7) is 2.83. The summed E-state index contributed by atoms with van der Waals surface area (Å²) in [5.74, 6) is -3.67. The second-order valence-corrected chi connectivity index (χ2v) is 4.65. The number of aromatic nitrogens is 3. The standard InChI is InChI=1S/C14H16F3N5/c1-2-3-4-7-18-11-8-19-22-14(21-11)20-10-6-5-9(15)12(16)13(10)17/h5-6,8H,2-4,7H2,1H3,(H2,18,20,21,22). The lowest BCUT2D eigenvalue weighted by molar-refractivity contribution is 0.449. The number of hydrogen-bond acceptors (Lipinski definition) is 5. The molecule has 0 saturated heterocycles. The van der Waals surface area contributed by atoms with Crippen molar-refractivity contribution in [2.75, 3.05) is 17.2 Å². The molecule has 1 aromatic heterocycles. The zero-order valence-electron chi connectivity index (χ0n) is 12.0. The van der Waals surface area contributed by atoms with Gasteiger partial charge >= 0.3 is 0 Å². The summed E-state index contributed by atoms with van der Waals surface area (Å²) < 4.78 is 39.6. The third-order valence-electron chi connectivity index (χ3n) is 2.93. The van der Waals surface area contributed by atoms with E-state index in [-0.39, 0.29) is 11.6 Å². The molecule has 2 rings (SSSR count). The highest BCUT2D eigenvalue weighted by Gasteiger charge is 2.14. The number of rotatable bonds is 7. The van der Waals surface area contributed by atoms with Crippen LogP contribution in [0, 0.1) is 17.5 Å². The van der Waals surface area contributed by atoms with Crippen molar-refractivity contribution in [3.05, 3.63) is 35.8 Å². The smallest absolute Gasteiger partial charge is 0.249 e. The highest BCUT2D eigenvalue weighted by atomic mass is 19.2. The summed E-state index contributed by atoms with van der Waals surface area (Å²) in [6.07, 6.45) is 4.61. The normalized spacial score (nSPS) is 10.5. The Morgan fingerprint density at radius 2 is 1.91 bits per heavy atom. The lowest BCUT2D eigenvalue weighted by Gasteiger charge is -2.08. The van der Waals surface area contributed by atoms with E-state index in [9.17, 15) is 13.2 Å². The third kappa shape index (κ3) is 4.06. The zero-order valence-corrected chi connectivity index (χ0v) is 12.0. The molecule has 0 unspecified atom stereocenters. The minimum absolute atomic E-state index is 0.00889. The van der Waals surface area contributed by atoms with Crippen LogP contribution in [-0.4, -0.2) is 21.7 Å². The van der Waals surface area contributed by atoms with Crippen molar-refractivity contribution in [1.29, 1.82) is 0 Å². The average molecular weight is 311 g/mol. The van der Waals surface area contributed by atoms with Crippen molar-refractivity contribution in [2.24, 2.45) is 0 Å². The van der Waals surface area contributed by atoms with Crippen molar-refractivity contribution in [1.82, 2.24) is 15.2 Å². The summed E-state index contributed by atoms with van der Waals surface area (Å²) in [5, 5.41) is 12.9. The monoisotopic (exact) mass is 311 g/mol. The van der Waals surface area contributed by atoms with Crippen LogP contribution in [0.3, 0.4) is 0 Å². The summed E-state index contributed by atoms with van der Waals surface area (Å²) in [5.41, 5.74) is -0.260. The number of nitrogens with one attached hydrogen (secondary N) is 2. The molecule has 118 valence electrons. The van der Waals surface area contributed by atoms with E-state index < -0.39 is 17.5 Å². The number of benzene rings is 1. The van der Waals surface area contributed by atoms with Gasteiger partial charge in [0.15, 0.2) is 23.3 Å². The van der Waals surface area contributed by atoms with Gasteiger partial charge in [-0.25, -0.2) is 13.2 Å². The van der Waals surface area contributed by atoms with Gasteiger partial charge in [-0.3, -0.25) is 0 Å². The summed E-state index contributed by atoms with van der Waals surface area (Å²) in [7, 11) is 0. The van der Waals surface area contributed by atoms with Crippen molar-refractivity contribution in [2.45, 2.75) is 26.2 Å². The molecule has 0 aliphatic heterocycles. The number of nitrogens with zero attached hydrogens (tertiary/aromatic N) is 3. The highest BCUT2D eigenvalue weighted by Crippen LogP contribution is 2.22. The number of unbranched alkanes of at least 4 members (excludes halogenated alkanes) is 2. The number of halogens is 3. The first kappa shape index (κ1) is 16.0. The maximum Gasteiger partial charge on any atom is 0.249 e. The molecule has 0 fully saturated rings. The fraction of sp³-hybridized carbons (Fsp3) is 0.357. The lowest BCUT2D eigenvalue weighted by Crippen LogP contribution is -2.07. The van der Waals surface area contributed by atoms with E-state index in [1.807, 2.05) is 0 Å². The molecule has 0 aliphatic carbocycles. The molecule has 1 aromatic carbocycles. The minimum atomic E-state index is -1.55. The van der Waals surface area contributed by atoms with Crippen LogP contribution in [0.2, 0.25) is 0 Å². The topological polar surface area (TPSA) is 62.7 Å². The molecule has 0 spiro atoms. The van der Waals surface area contributed by atoms with Crippen LogP contribution >= 0.6 is 0 Å². The number of anilines is 3. The molecule has 5 nitrogen and oxygen atoms in total. The van der Waals surface area contributed by atoms with Crippen LogP contribution in [0.1, 0.15) is 26.2 Å². The SMILES string of the molecule is CCCCCNc1cnnc(Nc2ccc(F)c(F)c2F)n1. The van der Waals surface area contributed by atoms with Gasteiger partial charge in [0, 0.05) is 6.54 Å². The van der Waals surface area contributed by atoms with Crippen molar-refractivity contribution >= 4 is 17.5 Å². The first-order valence-electron chi connectivity index (χ1n) is 6.96. The Morgan fingerprint density at radius 3 is 2.68 bits per heavy atom. The first-order chi connectivity index (χ1) is 10.6. The maximum absolute atomic E-state index is 13.6. The van der Waals surface area contributed by atoms with Gasteiger partial charge in [-0.15, -0.1) is 5.10 Å². The Morgan fingerprint density at radius 1 is 1.09 bits per heavy atom. The van der Waals surface area contributed by atoms with Gasteiger partial charge in [-0.05, 0) is 18.6 Å². The fourth-order valence-electron chi connectivity index (χ4n) is 1.78. The Bertz CT molecular complexity index is 636. The minimum Gasteiger partial charge on any atom is -0.369 e. The molecular formula is C14H16F3N5. The molecule has 0 atom stereocenters. The molecule has 0 bridgehead atoms. The van der Waals surface area contributed by atoms with E-state index in [0.29, 0.717) is 5.82 Å². The maximum atomic E-state index is 13.6. The molecule has 0 aliphatic rings. The third-order valence-corrected chi connectivity index (χ3v) is 2.93. The van der Waals surface area contributed by atoms with E-state index >= 15 is 0 Å². The van der Waals surface area contributed by atoms with Gasteiger partial charge in [0.2, 0.25) is 5.95 Å². The molecular weight excluding hydrogens is 295 g/mol. The number of hydrogen-bond donors (Lipinski definition) is 2. The summed E-state index contributed by atoms with van der Waals surface area (Å²) >= 11 is 0. The van der Waals surface area contributed by atoms with Crippen LogP contribution in [-0.2, 0) is 0 Å². The van der Waals surface area contributed by atoms with Crippen molar-refractivity contribution < 1.29 is 13.2 Å². The highest BCUT2D eigenvalue weighted by molar-refractivity contribution is 5.55. The fourth-order valence-corrected chi connectivity index (χ4v) is 1.78. The molecule has 0 amide bonds. The van der Waals surface area contributed by atoms with Gasteiger partial charge < -0.3 is 10.6 Å². The Labute approximate surface area is 126 Å². The second kappa shape index (κ2) is 7.58. The van der Waals surface area contributed by atoms with Crippen LogP contribution in [0.5, 0.6) is 0 Å². The molecule has 22 heavy (non-hydrogen) atoms. The van der Waals surface area contributed by atoms with Crippen LogP contribution < -0.4 is 10.6 Å². The first-order valence-corrected chi connectivity index (χ1v) is 6.96. The van der Waals surface area contributed by atoms with E-state index in [2.05, 4.69) is 32.7 Å². The Kier molecular flexibility index (Phi) is 5.51. The van der Waals surface area contributed by atoms with Gasteiger partial charge in [0.05, 0.1) is 11.9 Å². The van der Waals surface area contributed by atoms with Gasteiger partial charge in [-0.2, -0.15) is 10.1 Å². The molecule has 0 saturated carbocycles.